The summed E-state index contributed by atoms with van der Waals surface area (Å²) in [7, 11) is 1.39. The number of hydrogen-bond acceptors (Lipinski definition) is 4. The van der Waals surface area contributed by atoms with Gasteiger partial charge in [0, 0.05) is 0 Å². The summed E-state index contributed by atoms with van der Waals surface area (Å²) in [5.41, 5.74) is -3.13. The highest BCUT2D eigenvalue weighted by molar-refractivity contribution is 6.05. The molecule has 9 heteroatoms. The molecule has 2 aromatic carbocycles. The number of halogens is 3. The minimum absolute atomic E-state index is 0.208. The number of fused-ring (bicyclic) bond motifs is 3. The Morgan fingerprint density at radius 3 is 2.43 bits per heavy atom. The third-order valence-electron chi connectivity index (χ3n) is 4.79. The molecule has 2 aliphatic rings. The van der Waals surface area contributed by atoms with Crippen LogP contribution in [0.2, 0.25) is 0 Å². The number of para-hydroxylation sites is 2. The first kappa shape index (κ1) is 17.7. The summed E-state index contributed by atoms with van der Waals surface area (Å²) >= 11 is 0. The van der Waals surface area contributed by atoms with Gasteiger partial charge in [-0.2, -0.15) is 18.4 Å². The topological polar surface area (TPSA) is 77.4 Å². The van der Waals surface area contributed by atoms with Crippen molar-refractivity contribution in [3.63, 3.8) is 0 Å². The van der Waals surface area contributed by atoms with E-state index in [-0.39, 0.29) is 11.4 Å². The smallest absolute Gasteiger partial charge is 0.421 e. The second-order valence-corrected chi connectivity index (χ2v) is 6.22. The average molecular weight is 386 g/mol. The Labute approximate surface area is 157 Å². The molecule has 0 saturated heterocycles. The molecular weight excluding hydrogens is 373 g/mol. The number of carbonyl (C=O) groups excluding carboxylic acids is 1. The van der Waals surface area contributed by atoms with E-state index >= 15 is 0 Å². The fraction of sp³-hybridized carbons (Fsp3) is 0.158. The highest BCUT2D eigenvalue weighted by Gasteiger charge is 2.64. The van der Waals surface area contributed by atoms with Crippen LogP contribution in [0.3, 0.4) is 0 Å². The van der Waals surface area contributed by atoms with Crippen molar-refractivity contribution in [3.8, 4) is 11.8 Å². The van der Waals surface area contributed by atoms with Gasteiger partial charge in [0.2, 0.25) is 5.54 Å². The lowest BCUT2D eigenvalue weighted by Gasteiger charge is -2.42. The number of urea groups is 1. The molecule has 6 nitrogen and oxygen atoms in total. The summed E-state index contributed by atoms with van der Waals surface area (Å²) in [5.74, 6) is 0.142. The SMILES string of the molecule is COc1ccc(C2(C(F)(F)F)NC(=O)N3C(=C2C#N)Nc2ccccc23)cc1. The molecule has 0 fully saturated rings. The summed E-state index contributed by atoms with van der Waals surface area (Å²) in [4.78, 5) is 13.8. The van der Waals surface area contributed by atoms with Crippen LogP contribution in [0.1, 0.15) is 5.56 Å². The Morgan fingerprint density at radius 1 is 1.14 bits per heavy atom. The number of amides is 2. The fourth-order valence-electron chi connectivity index (χ4n) is 3.49. The number of hydrogen-bond donors (Lipinski definition) is 2. The molecule has 2 aromatic rings. The Balaban J connectivity index is 1.99. The number of carbonyl (C=O) groups is 1. The van der Waals surface area contributed by atoms with Gasteiger partial charge in [-0.1, -0.05) is 24.3 Å². The lowest BCUT2D eigenvalue weighted by molar-refractivity contribution is -0.184. The molecule has 2 aliphatic heterocycles. The Morgan fingerprint density at radius 2 is 1.82 bits per heavy atom. The average Bonchev–Trinajstić information content (AvgIpc) is 3.06. The number of benzene rings is 2. The van der Waals surface area contributed by atoms with Crippen LogP contribution in [-0.2, 0) is 5.54 Å². The summed E-state index contributed by atoms with van der Waals surface area (Å²) < 4.78 is 48.1. The molecule has 1 unspecified atom stereocenters. The predicted molar refractivity (Wildman–Crippen MR) is 94.4 cm³/mol. The maximum absolute atomic E-state index is 14.4. The summed E-state index contributed by atoms with van der Waals surface area (Å²) in [5, 5.41) is 14.5. The van der Waals surface area contributed by atoms with Gasteiger partial charge in [0.25, 0.3) is 0 Å². The maximum Gasteiger partial charge on any atom is 0.421 e. The first-order chi connectivity index (χ1) is 13.3. The molecule has 2 amide bonds. The van der Waals surface area contributed by atoms with Crippen LogP contribution in [0.15, 0.2) is 59.9 Å². The standard InChI is InChI=1S/C19H13F3N4O2/c1-28-12-8-6-11(7-9-12)18(19(20,21)22)13(10-23)16-24-14-4-2-3-5-15(14)26(16)17(27)25-18/h2-9,24H,1H3,(H,25,27). The number of ether oxygens (including phenoxy) is 1. The van der Waals surface area contributed by atoms with Gasteiger partial charge in [-0.3, -0.25) is 0 Å². The second-order valence-electron chi connectivity index (χ2n) is 6.22. The van der Waals surface area contributed by atoms with Crippen LogP contribution >= 0.6 is 0 Å². The van der Waals surface area contributed by atoms with E-state index in [1.165, 1.54) is 31.4 Å². The van der Waals surface area contributed by atoms with Crippen molar-refractivity contribution in [3.05, 3.63) is 65.5 Å². The van der Waals surface area contributed by atoms with Crippen molar-refractivity contribution >= 4 is 17.4 Å². The minimum Gasteiger partial charge on any atom is -0.497 e. The molecule has 4 rings (SSSR count). The van der Waals surface area contributed by atoms with E-state index in [0.717, 1.165) is 4.90 Å². The number of nitrogens with zero attached hydrogens (tertiary/aromatic N) is 2. The van der Waals surface area contributed by atoms with Gasteiger partial charge < -0.3 is 15.4 Å². The number of nitriles is 1. The van der Waals surface area contributed by atoms with E-state index in [1.54, 1.807) is 30.3 Å². The van der Waals surface area contributed by atoms with E-state index in [9.17, 15) is 23.2 Å². The zero-order valence-electron chi connectivity index (χ0n) is 14.5. The number of rotatable bonds is 2. The van der Waals surface area contributed by atoms with Gasteiger partial charge in [0.15, 0.2) is 0 Å². The fourth-order valence-corrected chi connectivity index (χ4v) is 3.49. The zero-order valence-corrected chi connectivity index (χ0v) is 14.5. The third-order valence-corrected chi connectivity index (χ3v) is 4.79. The molecule has 28 heavy (non-hydrogen) atoms. The number of nitrogens with one attached hydrogen (secondary N) is 2. The van der Waals surface area contributed by atoms with Crippen LogP contribution in [0.25, 0.3) is 0 Å². The number of methoxy groups -OCH3 is 1. The van der Waals surface area contributed by atoms with E-state index in [0.29, 0.717) is 17.1 Å². The lowest BCUT2D eigenvalue weighted by atomic mass is 9.80. The lowest BCUT2D eigenvalue weighted by Crippen LogP contribution is -2.63. The van der Waals surface area contributed by atoms with Gasteiger partial charge in [-0.25, -0.2) is 9.69 Å². The maximum atomic E-state index is 14.4. The number of alkyl halides is 3. The van der Waals surface area contributed by atoms with Crippen LogP contribution < -0.4 is 20.3 Å². The predicted octanol–water partition coefficient (Wildman–Crippen LogP) is 3.84. The molecule has 1 atom stereocenters. The monoisotopic (exact) mass is 386 g/mol. The Bertz CT molecular complexity index is 1040. The molecule has 0 radical (unpaired) electrons. The van der Waals surface area contributed by atoms with Gasteiger partial charge in [-0.15, -0.1) is 0 Å². The normalized spacial score (nSPS) is 20.7. The van der Waals surface area contributed by atoms with Crippen molar-refractivity contribution < 1.29 is 22.7 Å². The largest absolute Gasteiger partial charge is 0.497 e. The van der Waals surface area contributed by atoms with Crippen molar-refractivity contribution in [1.82, 2.24) is 5.32 Å². The van der Waals surface area contributed by atoms with E-state index in [4.69, 9.17) is 4.74 Å². The molecule has 0 saturated carbocycles. The van der Waals surface area contributed by atoms with Crippen LogP contribution in [0.5, 0.6) is 5.75 Å². The quantitative estimate of drug-likeness (QED) is 0.822. The molecule has 2 N–H and O–H groups in total. The summed E-state index contributed by atoms with van der Waals surface area (Å²) in [6.07, 6.45) is -4.97. The highest BCUT2D eigenvalue weighted by Crippen LogP contribution is 2.51. The molecular formula is C19H13F3N4O2. The second kappa shape index (κ2) is 5.92. The summed E-state index contributed by atoms with van der Waals surface area (Å²) in [6.45, 7) is 0. The zero-order chi connectivity index (χ0) is 20.1. The number of anilines is 2. The minimum atomic E-state index is -4.97. The van der Waals surface area contributed by atoms with E-state index < -0.39 is 23.3 Å². The van der Waals surface area contributed by atoms with Crippen molar-refractivity contribution in [2.45, 2.75) is 11.7 Å². The first-order valence-corrected chi connectivity index (χ1v) is 8.18. The van der Waals surface area contributed by atoms with E-state index in [2.05, 4.69) is 5.32 Å². The van der Waals surface area contributed by atoms with Crippen molar-refractivity contribution in [2.75, 3.05) is 17.3 Å². The first-order valence-electron chi connectivity index (χ1n) is 8.18. The van der Waals surface area contributed by atoms with Crippen molar-refractivity contribution in [1.29, 1.82) is 5.26 Å². The van der Waals surface area contributed by atoms with Gasteiger partial charge in [0.05, 0.1) is 18.5 Å². The third kappa shape index (κ3) is 2.24. The molecule has 0 aliphatic carbocycles. The van der Waals surface area contributed by atoms with Gasteiger partial charge in [0.1, 0.15) is 23.2 Å². The molecule has 0 aromatic heterocycles. The van der Waals surface area contributed by atoms with Crippen LogP contribution in [0.4, 0.5) is 29.3 Å². The van der Waals surface area contributed by atoms with E-state index in [1.807, 2.05) is 5.32 Å². The van der Waals surface area contributed by atoms with Crippen molar-refractivity contribution in [2.24, 2.45) is 0 Å². The Hall–Kier alpha value is -3.67. The van der Waals surface area contributed by atoms with Gasteiger partial charge >= 0.3 is 12.2 Å². The summed E-state index contributed by atoms with van der Waals surface area (Å²) in [6, 6.07) is 12.3. The molecule has 0 spiro atoms. The molecule has 2 heterocycles. The molecule has 0 bridgehead atoms. The van der Waals surface area contributed by atoms with Crippen LogP contribution in [0, 0.1) is 11.3 Å². The highest BCUT2D eigenvalue weighted by atomic mass is 19.4. The van der Waals surface area contributed by atoms with Crippen LogP contribution in [-0.4, -0.2) is 19.3 Å². The Kier molecular flexibility index (Phi) is 3.75. The van der Waals surface area contributed by atoms with Gasteiger partial charge in [-0.05, 0) is 29.8 Å². The molecule has 142 valence electrons.